The van der Waals surface area contributed by atoms with Gasteiger partial charge in [-0.1, -0.05) is 30.3 Å². The second-order valence-corrected chi connectivity index (χ2v) is 6.23. The molecule has 3 nitrogen and oxygen atoms in total. The van der Waals surface area contributed by atoms with Gasteiger partial charge in [-0.25, -0.2) is 14.5 Å². The van der Waals surface area contributed by atoms with Gasteiger partial charge in [0.05, 0.1) is 0 Å². The van der Waals surface area contributed by atoms with Crippen LogP contribution >= 0.6 is 0 Å². The predicted molar refractivity (Wildman–Crippen MR) is 71.8 cm³/mol. The van der Waals surface area contributed by atoms with Crippen molar-refractivity contribution in [2.45, 2.75) is 17.9 Å². The van der Waals surface area contributed by atoms with Gasteiger partial charge >= 0.3 is 0 Å². The Balaban J connectivity index is 2.30. The van der Waals surface area contributed by atoms with Crippen molar-refractivity contribution in [1.82, 2.24) is 4.31 Å². The largest absolute Gasteiger partial charge is 0.219 e. The summed E-state index contributed by atoms with van der Waals surface area (Å²) < 4.78 is 26.1. The summed E-state index contributed by atoms with van der Waals surface area (Å²) in [5.74, 6) is 0. The van der Waals surface area contributed by atoms with Gasteiger partial charge in [-0.05, 0) is 17.4 Å². The van der Waals surface area contributed by atoms with E-state index in [4.69, 9.17) is 0 Å². The van der Waals surface area contributed by atoms with Gasteiger partial charge in [-0.3, -0.25) is 0 Å². The lowest BCUT2D eigenvalue weighted by atomic mass is 10.1. The fourth-order valence-corrected chi connectivity index (χ4v) is 3.22. The highest BCUT2D eigenvalue weighted by Gasteiger charge is 2.23. The molecule has 0 aromatic heterocycles. The molecule has 0 fully saturated rings. The molecule has 0 spiro atoms. The third-order valence-corrected chi connectivity index (χ3v) is 5.08. The van der Waals surface area contributed by atoms with Gasteiger partial charge in [0.2, 0.25) is 10.0 Å². The summed E-state index contributed by atoms with van der Waals surface area (Å²) in [5, 5.41) is 0. The van der Waals surface area contributed by atoms with Gasteiger partial charge in [0.15, 0.2) is 0 Å². The topological polar surface area (TPSA) is 37.4 Å². The first-order valence-corrected chi connectivity index (χ1v) is 7.22. The van der Waals surface area contributed by atoms with E-state index in [-0.39, 0.29) is 6.04 Å². The molecule has 96 valence electrons. The Kier molecular flexibility index (Phi) is 3.59. The summed E-state index contributed by atoms with van der Waals surface area (Å²) in [6, 6.07) is 16.1. The maximum Gasteiger partial charge on any atom is 0.219 e. The maximum absolute atomic E-state index is 12.3. The summed E-state index contributed by atoms with van der Waals surface area (Å²) in [7, 11) is -1.80. The Hall–Kier alpha value is -1.52. The third-order valence-electron chi connectivity index (χ3n) is 3.14. The number of hydrogen-bond acceptors (Lipinski definition) is 2. The van der Waals surface area contributed by atoms with Crippen LogP contribution in [0.15, 0.2) is 59.5 Å². The van der Waals surface area contributed by atoms with Gasteiger partial charge in [0.25, 0.3) is 0 Å². The van der Waals surface area contributed by atoms with E-state index in [9.17, 15) is 8.42 Å². The summed E-state index contributed by atoms with van der Waals surface area (Å²) in [5.41, 5.74) is 0.982. The zero-order valence-corrected chi connectivity index (χ0v) is 11.3. The lowest BCUT2D eigenvalue weighted by Gasteiger charge is -2.25. The molecule has 0 aliphatic heterocycles. The van der Waals surface area contributed by atoms with Crippen molar-refractivity contribution < 1.29 is 8.42 Å². The van der Waals surface area contributed by atoms with E-state index in [2.05, 4.69) is 0 Å². The van der Waals surface area contributed by atoms with E-state index >= 15 is 0 Å². The van der Waals surface area contributed by atoms with Crippen LogP contribution in [0.2, 0.25) is 0 Å². The molecule has 0 heterocycles. The Bertz CT molecular complexity index is 588. The summed E-state index contributed by atoms with van der Waals surface area (Å²) in [4.78, 5) is 0.341. The molecule has 2 rings (SSSR count). The second kappa shape index (κ2) is 5.00. The Labute approximate surface area is 108 Å². The van der Waals surface area contributed by atoms with Gasteiger partial charge in [0.1, 0.15) is 0 Å². The number of nitrogens with zero attached hydrogens (tertiary/aromatic N) is 1. The zero-order valence-electron chi connectivity index (χ0n) is 10.4. The standard InChI is InChI=1S/C14H16NO2S/c1-12(13-8-4-3-5-9-13)15(2)18(16,17)14-10-6-7-11-14/h3-12H,1-2H3/q-1/t12-/m1/s1. The van der Waals surface area contributed by atoms with E-state index in [1.165, 1.54) is 4.31 Å². The summed E-state index contributed by atoms with van der Waals surface area (Å²) in [6.45, 7) is 1.88. The fraction of sp³-hybridized carbons (Fsp3) is 0.214. The van der Waals surface area contributed by atoms with Gasteiger partial charge < -0.3 is 0 Å². The minimum atomic E-state index is -3.41. The van der Waals surface area contributed by atoms with Crippen LogP contribution in [0.3, 0.4) is 0 Å². The van der Waals surface area contributed by atoms with Crippen molar-refractivity contribution in [2.24, 2.45) is 0 Å². The van der Waals surface area contributed by atoms with Crippen LogP contribution in [-0.2, 0) is 10.0 Å². The smallest absolute Gasteiger partial charge is 0.212 e. The minimum Gasteiger partial charge on any atom is -0.212 e. The molecule has 0 amide bonds. The van der Waals surface area contributed by atoms with Crippen molar-refractivity contribution in [3.05, 3.63) is 60.2 Å². The predicted octanol–water partition coefficient (Wildman–Crippen LogP) is 2.79. The van der Waals surface area contributed by atoms with E-state index in [1.807, 2.05) is 37.3 Å². The minimum absolute atomic E-state index is 0.189. The van der Waals surface area contributed by atoms with Crippen molar-refractivity contribution in [1.29, 1.82) is 0 Å². The maximum atomic E-state index is 12.3. The lowest BCUT2D eigenvalue weighted by Crippen LogP contribution is -2.29. The van der Waals surface area contributed by atoms with E-state index in [0.717, 1.165) is 5.56 Å². The molecule has 4 heteroatoms. The molecule has 0 saturated heterocycles. The molecule has 2 aromatic carbocycles. The van der Waals surface area contributed by atoms with E-state index in [1.54, 1.807) is 31.3 Å². The highest BCUT2D eigenvalue weighted by molar-refractivity contribution is 7.89. The number of rotatable bonds is 4. The second-order valence-electron chi connectivity index (χ2n) is 4.23. The normalized spacial score (nSPS) is 13.7. The van der Waals surface area contributed by atoms with Crippen LogP contribution in [-0.4, -0.2) is 19.8 Å². The van der Waals surface area contributed by atoms with Gasteiger partial charge in [-0.15, -0.1) is 0 Å². The van der Waals surface area contributed by atoms with Gasteiger partial charge in [-0.2, -0.15) is 22.5 Å². The van der Waals surface area contributed by atoms with Crippen LogP contribution in [0.5, 0.6) is 0 Å². The molecule has 2 aromatic rings. The van der Waals surface area contributed by atoms with Crippen molar-refractivity contribution in [3.8, 4) is 0 Å². The van der Waals surface area contributed by atoms with Crippen molar-refractivity contribution in [3.63, 3.8) is 0 Å². The zero-order chi connectivity index (χ0) is 13.2. The molecule has 0 aliphatic carbocycles. The number of benzene rings is 1. The molecule has 0 unspecified atom stereocenters. The number of hydrogen-bond donors (Lipinski definition) is 0. The van der Waals surface area contributed by atoms with Crippen molar-refractivity contribution >= 4 is 10.0 Å². The number of sulfonamides is 1. The van der Waals surface area contributed by atoms with Crippen LogP contribution in [0.1, 0.15) is 18.5 Å². The molecule has 18 heavy (non-hydrogen) atoms. The molecule has 0 bridgehead atoms. The molecular weight excluding hydrogens is 246 g/mol. The Morgan fingerprint density at radius 2 is 1.78 bits per heavy atom. The first-order valence-electron chi connectivity index (χ1n) is 5.78. The molecule has 0 saturated carbocycles. The highest BCUT2D eigenvalue weighted by atomic mass is 32.2. The summed E-state index contributed by atoms with van der Waals surface area (Å²) in [6.07, 6.45) is 0. The Morgan fingerprint density at radius 3 is 2.33 bits per heavy atom. The monoisotopic (exact) mass is 262 g/mol. The third kappa shape index (κ3) is 2.35. The van der Waals surface area contributed by atoms with Crippen LogP contribution < -0.4 is 0 Å². The fourth-order valence-electron chi connectivity index (χ4n) is 1.84. The first kappa shape index (κ1) is 12.9. The Morgan fingerprint density at radius 1 is 1.11 bits per heavy atom. The first-order chi connectivity index (χ1) is 8.53. The van der Waals surface area contributed by atoms with Crippen LogP contribution in [0.25, 0.3) is 0 Å². The van der Waals surface area contributed by atoms with E-state index in [0.29, 0.717) is 4.90 Å². The molecule has 1 atom stereocenters. The highest BCUT2D eigenvalue weighted by Crippen LogP contribution is 2.25. The van der Waals surface area contributed by atoms with Crippen LogP contribution in [0.4, 0.5) is 0 Å². The molecule has 0 N–H and O–H groups in total. The molecular formula is C14H16NO2S-. The average molecular weight is 262 g/mol. The SMILES string of the molecule is C[C@H](c1ccccc1)N(C)S(=O)(=O)c1ccc[cH-]1. The molecule has 0 radical (unpaired) electrons. The lowest BCUT2D eigenvalue weighted by molar-refractivity contribution is 0.398. The molecule has 0 aliphatic rings. The van der Waals surface area contributed by atoms with Crippen molar-refractivity contribution in [2.75, 3.05) is 7.05 Å². The average Bonchev–Trinajstić information content (AvgIpc) is 2.92. The van der Waals surface area contributed by atoms with E-state index < -0.39 is 10.0 Å². The van der Waals surface area contributed by atoms with Gasteiger partial charge in [0, 0.05) is 13.1 Å². The quantitative estimate of drug-likeness (QED) is 0.795. The van der Waals surface area contributed by atoms with Crippen LogP contribution in [0, 0.1) is 0 Å². The summed E-state index contributed by atoms with van der Waals surface area (Å²) >= 11 is 0.